The minimum Gasteiger partial charge on any atom is -0.540 e. The van der Waals surface area contributed by atoms with Gasteiger partial charge >= 0.3 is 0 Å². The minimum absolute atomic E-state index is 0.144. The molecule has 12 heteroatoms. The molecule has 3 rings (SSSR count). The molecule has 3 aliphatic heterocycles. The lowest BCUT2D eigenvalue weighted by atomic mass is 9.98. The molecule has 0 saturated carbocycles. The Labute approximate surface area is 172 Å². The first kappa shape index (κ1) is 24.9. The average Bonchev–Trinajstić information content (AvgIpc) is 2.95. The van der Waals surface area contributed by atoms with Gasteiger partial charge in [-0.1, -0.05) is 0 Å². The number of likely N-dealkylation sites (N-methyl/N-ethyl adjacent to an activating group) is 1. The second-order valence-electron chi connectivity index (χ2n) is 9.26. The van der Waals surface area contributed by atoms with Gasteiger partial charge in [-0.05, 0) is 27.7 Å². The molecular formula is C17H34N2O9S. The van der Waals surface area contributed by atoms with Gasteiger partial charge in [0.2, 0.25) is 5.79 Å². The Morgan fingerprint density at radius 2 is 1.72 bits per heavy atom. The van der Waals surface area contributed by atoms with Crippen molar-refractivity contribution in [1.29, 1.82) is 0 Å². The van der Waals surface area contributed by atoms with Crippen LogP contribution in [0.25, 0.3) is 5.14 Å². The molecule has 0 aliphatic carbocycles. The molecule has 3 fully saturated rings. The highest BCUT2D eigenvalue weighted by atomic mass is 32.2. The first-order valence-corrected chi connectivity index (χ1v) is 10.8. The number of fused-ring (bicyclic) bond motifs is 3. The van der Waals surface area contributed by atoms with Gasteiger partial charge in [-0.25, -0.2) is 8.42 Å². The van der Waals surface area contributed by atoms with Crippen LogP contribution in [-0.2, 0) is 38.2 Å². The molecule has 0 aromatic heterocycles. The molecule has 0 amide bonds. The summed E-state index contributed by atoms with van der Waals surface area (Å²) in [5.41, 5.74) is 0. The number of nitrogens with zero attached hydrogens (tertiary/aromatic N) is 1. The summed E-state index contributed by atoms with van der Waals surface area (Å²) >= 11 is 0. The Morgan fingerprint density at radius 1 is 1.10 bits per heavy atom. The smallest absolute Gasteiger partial charge is 0.225 e. The van der Waals surface area contributed by atoms with E-state index in [2.05, 4.69) is 25.3 Å². The molecule has 3 saturated heterocycles. The fraction of sp³-hybridized carbons (Fsp3) is 1.00. The molecule has 0 aromatic rings. The van der Waals surface area contributed by atoms with Crippen molar-refractivity contribution in [2.24, 2.45) is 0 Å². The number of ether oxygens (including phenoxy) is 5. The molecule has 0 radical (unpaired) electrons. The van der Waals surface area contributed by atoms with Gasteiger partial charge in [-0.15, -0.1) is 0 Å². The number of hydrogen-bond acceptors (Lipinski definition) is 9. The molecule has 3 aliphatic rings. The first-order valence-electron chi connectivity index (χ1n) is 9.40. The van der Waals surface area contributed by atoms with Crippen LogP contribution in [0.4, 0.5) is 0 Å². The molecule has 0 bridgehead atoms. The highest BCUT2D eigenvalue weighted by Crippen LogP contribution is 2.47. The predicted octanol–water partition coefficient (Wildman–Crippen LogP) is 0.383. The van der Waals surface area contributed by atoms with E-state index in [1.807, 2.05) is 0 Å². The van der Waals surface area contributed by atoms with Gasteiger partial charge in [-0.3, -0.25) is 4.18 Å². The van der Waals surface area contributed by atoms with Gasteiger partial charge in [-0.2, -0.15) is 0 Å². The molecule has 172 valence electrons. The van der Waals surface area contributed by atoms with E-state index in [4.69, 9.17) is 33.9 Å². The van der Waals surface area contributed by atoms with Gasteiger partial charge in [0.15, 0.2) is 21.9 Å². The topological polar surface area (TPSA) is 134 Å². The average molecular weight is 443 g/mol. The fourth-order valence-electron chi connectivity index (χ4n) is 3.41. The highest BCUT2D eigenvalue weighted by Gasteiger charge is 2.65. The zero-order chi connectivity index (χ0) is 22.3. The maximum Gasteiger partial charge on any atom is 0.225 e. The second-order valence-corrected chi connectivity index (χ2v) is 10.4. The van der Waals surface area contributed by atoms with Gasteiger partial charge in [0, 0.05) is 0 Å². The Balaban J connectivity index is 0.000000370. The maximum absolute atomic E-state index is 11.0. The highest BCUT2D eigenvalue weighted by molar-refractivity contribution is 7.88. The normalized spacial score (nSPS) is 35.4. The van der Waals surface area contributed by atoms with E-state index in [9.17, 15) is 8.42 Å². The van der Waals surface area contributed by atoms with Crippen molar-refractivity contribution in [2.75, 3.05) is 47.5 Å². The van der Waals surface area contributed by atoms with Crippen molar-refractivity contribution in [1.82, 2.24) is 0 Å². The van der Waals surface area contributed by atoms with E-state index in [0.717, 1.165) is 11.0 Å². The monoisotopic (exact) mass is 442 g/mol. The Kier molecular flexibility index (Phi) is 7.08. The standard InChI is InChI=1S/C12H20NO8S.C5H14NO/c1-10(2)18-7-5-16-12(6-17-22(13,14)15)9(8(7)19-10)20-11(3,4)21-12;1-6(2,3)4-5-7/h7-9H,5-6H2,1-4H3,(H-,13,14,15);7H,4-5H2,1-3H3/q-1;+1/t7-,8-,9+,12+;/m1./s1. The van der Waals surface area contributed by atoms with Crippen molar-refractivity contribution < 1.29 is 45.9 Å². The number of rotatable bonds is 5. The van der Waals surface area contributed by atoms with Crippen molar-refractivity contribution >= 4 is 10.3 Å². The van der Waals surface area contributed by atoms with E-state index < -0.39 is 46.5 Å². The molecule has 3 heterocycles. The summed E-state index contributed by atoms with van der Waals surface area (Å²) in [4.78, 5) is 0. The van der Waals surface area contributed by atoms with Crippen LogP contribution in [0.3, 0.4) is 0 Å². The van der Waals surface area contributed by atoms with Gasteiger partial charge in [0.25, 0.3) is 0 Å². The summed E-state index contributed by atoms with van der Waals surface area (Å²) < 4.78 is 56.3. The molecule has 2 N–H and O–H groups in total. The summed E-state index contributed by atoms with van der Waals surface area (Å²) in [7, 11) is 1.77. The van der Waals surface area contributed by atoms with Crippen LogP contribution < -0.4 is 0 Å². The van der Waals surface area contributed by atoms with E-state index >= 15 is 0 Å². The maximum atomic E-state index is 11.0. The Hall–Kier alpha value is -0.410. The Morgan fingerprint density at radius 3 is 2.21 bits per heavy atom. The third-order valence-corrected chi connectivity index (χ3v) is 4.89. The zero-order valence-corrected chi connectivity index (χ0v) is 18.9. The van der Waals surface area contributed by atoms with E-state index in [0.29, 0.717) is 0 Å². The minimum atomic E-state index is -4.39. The van der Waals surface area contributed by atoms with Crippen LogP contribution >= 0.6 is 0 Å². The SMILES string of the molecule is CC1(C)O[C@@H]2[C@@H](CO[C@@]3(COS([NH-])(=O)=O)OC(C)(C)O[C@@H]23)O1.C[N+](C)(C)CCO. The van der Waals surface area contributed by atoms with Crippen molar-refractivity contribution in [2.45, 2.75) is 63.4 Å². The molecule has 0 spiro atoms. The van der Waals surface area contributed by atoms with Crippen LogP contribution in [0.5, 0.6) is 0 Å². The number of nitrogens with one attached hydrogen (secondary N) is 1. The van der Waals surface area contributed by atoms with E-state index in [1.54, 1.807) is 27.7 Å². The zero-order valence-electron chi connectivity index (χ0n) is 18.1. The van der Waals surface area contributed by atoms with Crippen molar-refractivity contribution in [3.8, 4) is 0 Å². The fourth-order valence-corrected chi connectivity index (χ4v) is 3.73. The van der Waals surface area contributed by atoms with E-state index in [1.165, 1.54) is 0 Å². The Bertz CT molecular complexity index is 677. The molecule has 11 nitrogen and oxygen atoms in total. The number of quaternary nitrogens is 1. The van der Waals surface area contributed by atoms with Crippen LogP contribution in [0.15, 0.2) is 0 Å². The van der Waals surface area contributed by atoms with Crippen LogP contribution in [0, 0.1) is 0 Å². The molecule has 0 aromatic carbocycles. The van der Waals surface area contributed by atoms with Crippen molar-refractivity contribution in [3.63, 3.8) is 0 Å². The van der Waals surface area contributed by atoms with Crippen molar-refractivity contribution in [3.05, 3.63) is 5.14 Å². The summed E-state index contributed by atoms with van der Waals surface area (Å²) in [6.45, 7) is 7.69. The molecule has 4 atom stereocenters. The number of aliphatic hydroxyl groups excluding tert-OH is 1. The van der Waals surface area contributed by atoms with Crippen LogP contribution in [0.2, 0.25) is 0 Å². The molecular weight excluding hydrogens is 408 g/mol. The van der Waals surface area contributed by atoms with Crippen LogP contribution in [-0.4, -0.2) is 101 Å². The lowest BCUT2D eigenvalue weighted by Gasteiger charge is -2.40. The first-order chi connectivity index (χ1) is 13.0. The van der Waals surface area contributed by atoms with Gasteiger partial charge in [0.1, 0.15) is 31.5 Å². The summed E-state index contributed by atoms with van der Waals surface area (Å²) in [5, 5.41) is 15.2. The number of aliphatic hydroxyl groups is 1. The van der Waals surface area contributed by atoms with E-state index in [-0.39, 0.29) is 19.3 Å². The predicted molar refractivity (Wildman–Crippen MR) is 102 cm³/mol. The second kappa shape index (κ2) is 8.26. The lowest BCUT2D eigenvalue weighted by Crippen LogP contribution is -2.60. The summed E-state index contributed by atoms with van der Waals surface area (Å²) in [6, 6.07) is 0. The van der Waals surface area contributed by atoms with Gasteiger partial charge < -0.3 is 38.4 Å². The largest absolute Gasteiger partial charge is 0.540 e. The summed E-state index contributed by atoms with van der Waals surface area (Å²) in [5.74, 6) is -3.26. The third-order valence-electron chi connectivity index (χ3n) is 4.46. The third kappa shape index (κ3) is 6.79. The lowest BCUT2D eigenvalue weighted by molar-refractivity contribution is -0.870. The quantitative estimate of drug-likeness (QED) is 0.600. The number of hydrogen-bond donors (Lipinski definition) is 1. The molecule has 29 heavy (non-hydrogen) atoms. The molecule has 0 unspecified atom stereocenters. The van der Waals surface area contributed by atoms with Gasteiger partial charge in [0.05, 0.1) is 34.4 Å². The van der Waals surface area contributed by atoms with Crippen LogP contribution in [0.1, 0.15) is 27.7 Å². The summed E-state index contributed by atoms with van der Waals surface area (Å²) in [6.07, 6.45) is -1.56.